The molecule has 1 heterocycles. The van der Waals surface area contributed by atoms with Crippen molar-refractivity contribution in [2.45, 2.75) is 19.8 Å². The molecule has 0 aliphatic carbocycles. The van der Waals surface area contributed by atoms with Crippen LogP contribution >= 0.6 is 0 Å². The summed E-state index contributed by atoms with van der Waals surface area (Å²) < 4.78 is 4.94. The van der Waals surface area contributed by atoms with Crippen LogP contribution in [0.2, 0.25) is 0 Å². The summed E-state index contributed by atoms with van der Waals surface area (Å²) in [6, 6.07) is 13.0. The lowest BCUT2D eigenvalue weighted by Gasteiger charge is -2.09. The molecule has 112 valence electrons. The number of oxazole rings is 1. The van der Waals surface area contributed by atoms with Crippen LogP contribution in [-0.2, 0) is 17.6 Å². The van der Waals surface area contributed by atoms with Crippen LogP contribution in [0, 0.1) is 0 Å². The molecule has 3 aromatic rings. The second-order valence-electron chi connectivity index (χ2n) is 5.08. The molecule has 0 aliphatic rings. The third-order valence-electron chi connectivity index (χ3n) is 3.52. The van der Waals surface area contributed by atoms with Crippen LogP contribution < -0.4 is 11.1 Å². The third kappa shape index (κ3) is 2.93. The summed E-state index contributed by atoms with van der Waals surface area (Å²) in [6.07, 6.45) is 1.10. The number of hydrogen-bond acceptors (Lipinski definition) is 3. The Morgan fingerprint density at radius 1 is 1.23 bits per heavy atom. The molecule has 0 saturated carbocycles. The zero-order chi connectivity index (χ0) is 15.5. The zero-order valence-corrected chi connectivity index (χ0v) is 12.2. The number of para-hydroxylation sites is 1. The molecule has 0 unspecified atom stereocenters. The molecule has 0 spiro atoms. The summed E-state index contributed by atoms with van der Waals surface area (Å²) in [5.41, 5.74) is 3.85. The predicted molar refractivity (Wildman–Crippen MR) is 85.0 cm³/mol. The van der Waals surface area contributed by atoms with Crippen molar-refractivity contribution in [1.82, 2.24) is 4.98 Å². The van der Waals surface area contributed by atoms with E-state index in [0.29, 0.717) is 11.1 Å². The topological polar surface area (TPSA) is 75.1 Å². The molecule has 0 saturated heterocycles. The number of anilines is 1. The van der Waals surface area contributed by atoms with Gasteiger partial charge < -0.3 is 9.73 Å². The van der Waals surface area contributed by atoms with Gasteiger partial charge in [-0.15, -0.1) is 0 Å². The number of aryl methyl sites for hydroxylation is 1. The monoisotopic (exact) mass is 296 g/mol. The number of benzene rings is 2. The minimum atomic E-state index is -0.492. The molecule has 5 heteroatoms. The second kappa shape index (κ2) is 5.89. The molecule has 3 rings (SSSR count). The zero-order valence-electron chi connectivity index (χ0n) is 12.2. The molecule has 0 aliphatic heterocycles. The van der Waals surface area contributed by atoms with Crippen LogP contribution in [0.1, 0.15) is 18.1 Å². The van der Waals surface area contributed by atoms with Gasteiger partial charge in [0.2, 0.25) is 5.91 Å². The number of carbonyl (C=O) groups is 1. The smallest absolute Gasteiger partial charge is 0.408 e. The van der Waals surface area contributed by atoms with E-state index in [1.165, 1.54) is 0 Å². The van der Waals surface area contributed by atoms with Crippen molar-refractivity contribution in [3.63, 3.8) is 0 Å². The van der Waals surface area contributed by atoms with Crippen LogP contribution in [0.25, 0.3) is 11.1 Å². The third-order valence-corrected chi connectivity index (χ3v) is 3.52. The first-order chi connectivity index (χ1) is 10.7. The normalized spacial score (nSPS) is 10.8. The van der Waals surface area contributed by atoms with Gasteiger partial charge in [0.1, 0.15) is 0 Å². The Balaban J connectivity index is 1.76. The second-order valence-corrected chi connectivity index (χ2v) is 5.08. The van der Waals surface area contributed by atoms with Crippen molar-refractivity contribution in [3.05, 3.63) is 64.1 Å². The van der Waals surface area contributed by atoms with Gasteiger partial charge in [-0.05, 0) is 35.7 Å². The first-order valence-electron chi connectivity index (χ1n) is 7.15. The molecule has 5 nitrogen and oxygen atoms in total. The Labute approximate surface area is 127 Å². The standard InChI is InChI=1S/C17H16N2O3/c1-2-12-5-3-4-6-13(12)18-16(20)10-11-7-8-15-14(9-11)19-17(21)22-15/h3-9H,2,10H2,1H3,(H,18,20)(H,19,21). The van der Waals surface area contributed by atoms with Crippen LogP contribution in [0.5, 0.6) is 0 Å². The Morgan fingerprint density at radius 3 is 2.86 bits per heavy atom. The number of aromatic amines is 1. The average molecular weight is 296 g/mol. The molecule has 1 aromatic heterocycles. The highest BCUT2D eigenvalue weighted by Gasteiger charge is 2.08. The van der Waals surface area contributed by atoms with E-state index in [-0.39, 0.29) is 12.3 Å². The van der Waals surface area contributed by atoms with E-state index in [2.05, 4.69) is 10.3 Å². The van der Waals surface area contributed by atoms with Crippen LogP contribution in [0.15, 0.2) is 51.7 Å². The van der Waals surface area contributed by atoms with Crippen molar-refractivity contribution >= 4 is 22.7 Å². The Bertz CT molecular complexity index is 877. The van der Waals surface area contributed by atoms with Gasteiger partial charge in [0.25, 0.3) is 0 Å². The van der Waals surface area contributed by atoms with E-state index < -0.39 is 5.76 Å². The number of nitrogens with one attached hydrogen (secondary N) is 2. The number of fused-ring (bicyclic) bond motifs is 1. The van der Waals surface area contributed by atoms with Gasteiger partial charge in [-0.25, -0.2) is 4.79 Å². The number of rotatable bonds is 4. The van der Waals surface area contributed by atoms with Crippen LogP contribution in [0.3, 0.4) is 0 Å². The van der Waals surface area contributed by atoms with Crippen molar-refractivity contribution in [3.8, 4) is 0 Å². The summed E-state index contributed by atoms with van der Waals surface area (Å²) in [7, 11) is 0. The molecular weight excluding hydrogens is 280 g/mol. The Morgan fingerprint density at radius 2 is 2.05 bits per heavy atom. The van der Waals surface area contributed by atoms with Crippen molar-refractivity contribution in [2.75, 3.05) is 5.32 Å². The highest BCUT2D eigenvalue weighted by molar-refractivity contribution is 5.93. The lowest BCUT2D eigenvalue weighted by atomic mass is 10.1. The van der Waals surface area contributed by atoms with Gasteiger partial charge >= 0.3 is 5.76 Å². The predicted octanol–water partition coefficient (Wildman–Crippen LogP) is 2.86. The molecule has 1 amide bonds. The Kier molecular flexibility index (Phi) is 3.78. The highest BCUT2D eigenvalue weighted by atomic mass is 16.4. The summed E-state index contributed by atoms with van der Waals surface area (Å²) in [5.74, 6) is -0.584. The maximum absolute atomic E-state index is 12.2. The summed E-state index contributed by atoms with van der Waals surface area (Å²) in [4.78, 5) is 25.9. The van der Waals surface area contributed by atoms with Gasteiger partial charge in [-0.2, -0.15) is 0 Å². The fourth-order valence-corrected chi connectivity index (χ4v) is 2.44. The quantitative estimate of drug-likeness (QED) is 0.777. The molecule has 0 bridgehead atoms. The van der Waals surface area contributed by atoms with E-state index in [0.717, 1.165) is 23.2 Å². The lowest BCUT2D eigenvalue weighted by molar-refractivity contribution is -0.115. The molecule has 0 radical (unpaired) electrons. The number of hydrogen-bond donors (Lipinski definition) is 2. The fraction of sp³-hybridized carbons (Fsp3) is 0.176. The van der Waals surface area contributed by atoms with E-state index in [1.54, 1.807) is 18.2 Å². The molecule has 2 aromatic carbocycles. The van der Waals surface area contributed by atoms with E-state index in [4.69, 9.17) is 4.42 Å². The van der Waals surface area contributed by atoms with Crippen molar-refractivity contribution in [2.24, 2.45) is 0 Å². The molecule has 0 atom stereocenters. The maximum atomic E-state index is 12.2. The first-order valence-corrected chi connectivity index (χ1v) is 7.15. The number of amides is 1. The minimum Gasteiger partial charge on any atom is -0.408 e. The van der Waals surface area contributed by atoms with Gasteiger partial charge in [0.15, 0.2) is 5.58 Å². The van der Waals surface area contributed by atoms with Gasteiger partial charge in [0.05, 0.1) is 11.9 Å². The number of carbonyl (C=O) groups excluding carboxylic acids is 1. The summed E-state index contributed by atoms with van der Waals surface area (Å²) in [6.45, 7) is 2.05. The van der Waals surface area contributed by atoms with Gasteiger partial charge in [-0.3, -0.25) is 9.78 Å². The van der Waals surface area contributed by atoms with Gasteiger partial charge in [-0.1, -0.05) is 31.2 Å². The molecular formula is C17H16N2O3. The average Bonchev–Trinajstić information content (AvgIpc) is 2.87. The SMILES string of the molecule is CCc1ccccc1NC(=O)Cc1ccc2oc(=O)[nH]c2c1. The fourth-order valence-electron chi connectivity index (χ4n) is 2.44. The van der Waals surface area contributed by atoms with Crippen LogP contribution in [0.4, 0.5) is 5.69 Å². The molecule has 0 fully saturated rings. The van der Waals surface area contributed by atoms with E-state index in [1.807, 2.05) is 31.2 Å². The van der Waals surface area contributed by atoms with E-state index in [9.17, 15) is 9.59 Å². The molecule has 2 N–H and O–H groups in total. The minimum absolute atomic E-state index is 0.0916. The summed E-state index contributed by atoms with van der Waals surface area (Å²) in [5, 5.41) is 2.93. The van der Waals surface area contributed by atoms with E-state index >= 15 is 0 Å². The van der Waals surface area contributed by atoms with Crippen LogP contribution in [-0.4, -0.2) is 10.9 Å². The highest BCUT2D eigenvalue weighted by Crippen LogP contribution is 2.17. The van der Waals surface area contributed by atoms with Crippen molar-refractivity contribution < 1.29 is 9.21 Å². The van der Waals surface area contributed by atoms with Crippen molar-refractivity contribution in [1.29, 1.82) is 0 Å². The first kappa shape index (κ1) is 14.1. The number of H-pyrrole nitrogens is 1. The summed E-state index contributed by atoms with van der Waals surface area (Å²) >= 11 is 0. The van der Waals surface area contributed by atoms with Gasteiger partial charge in [0, 0.05) is 5.69 Å². The Hall–Kier alpha value is -2.82. The lowest BCUT2D eigenvalue weighted by Crippen LogP contribution is -2.15. The maximum Gasteiger partial charge on any atom is 0.417 e. The number of aromatic nitrogens is 1. The molecule has 22 heavy (non-hydrogen) atoms. The largest absolute Gasteiger partial charge is 0.417 e.